The summed E-state index contributed by atoms with van der Waals surface area (Å²) in [4.78, 5) is 5.40. The second-order valence-corrected chi connectivity index (χ2v) is 4.71. The van der Waals surface area contributed by atoms with Crippen LogP contribution in [0.2, 0.25) is 0 Å². The minimum Gasteiger partial charge on any atom is -0.380 e. The summed E-state index contributed by atoms with van der Waals surface area (Å²) in [7, 11) is 0. The smallest absolute Gasteiger partial charge is 0.0991 e. The number of anilines is 1. The highest BCUT2D eigenvalue weighted by molar-refractivity contribution is 7.11. The molecule has 0 radical (unpaired) electrons. The molecule has 3 nitrogen and oxygen atoms in total. The highest BCUT2D eigenvalue weighted by Gasteiger charge is 1.98. The topological polar surface area (TPSA) is 48.7 Å². The maximum Gasteiger partial charge on any atom is 0.0991 e. The van der Waals surface area contributed by atoms with Crippen LogP contribution in [0.1, 0.15) is 15.4 Å². The quantitative estimate of drug-likeness (QED) is 0.880. The molecular formula is C12H11N3S. The highest BCUT2D eigenvalue weighted by atomic mass is 32.1. The van der Waals surface area contributed by atoms with Gasteiger partial charge in [0.25, 0.3) is 0 Å². The molecule has 4 heteroatoms. The Bertz CT molecular complexity index is 508. The molecule has 2 rings (SSSR count). The molecule has 2 aromatic rings. The van der Waals surface area contributed by atoms with Gasteiger partial charge in [-0.25, -0.2) is 4.98 Å². The van der Waals surface area contributed by atoms with Gasteiger partial charge in [-0.3, -0.25) is 0 Å². The first-order chi connectivity index (χ1) is 7.78. The molecule has 0 bridgehead atoms. The van der Waals surface area contributed by atoms with Gasteiger partial charge < -0.3 is 5.32 Å². The Labute approximate surface area is 98.4 Å². The van der Waals surface area contributed by atoms with Gasteiger partial charge in [0.1, 0.15) is 0 Å². The van der Waals surface area contributed by atoms with Crippen molar-refractivity contribution in [1.29, 1.82) is 5.26 Å². The Kier molecular flexibility index (Phi) is 3.18. The number of benzene rings is 1. The van der Waals surface area contributed by atoms with Crippen LogP contribution in [0.3, 0.4) is 0 Å². The second kappa shape index (κ2) is 4.77. The summed E-state index contributed by atoms with van der Waals surface area (Å²) in [5, 5.41) is 13.0. The third kappa shape index (κ3) is 2.59. The van der Waals surface area contributed by atoms with E-state index in [2.05, 4.69) is 16.4 Å². The lowest BCUT2D eigenvalue weighted by molar-refractivity contribution is 1.17. The van der Waals surface area contributed by atoms with E-state index in [9.17, 15) is 0 Å². The number of aromatic nitrogens is 1. The molecule has 0 aliphatic rings. The van der Waals surface area contributed by atoms with Crippen molar-refractivity contribution in [3.8, 4) is 6.07 Å². The standard InChI is InChI=1S/C12H11N3S/c1-9-14-7-12(16-9)8-15-11-4-2-10(6-13)3-5-11/h2-5,7,15H,8H2,1H3. The second-order valence-electron chi connectivity index (χ2n) is 3.39. The third-order valence-corrected chi connectivity index (χ3v) is 3.06. The Morgan fingerprint density at radius 3 is 2.69 bits per heavy atom. The van der Waals surface area contributed by atoms with E-state index < -0.39 is 0 Å². The van der Waals surface area contributed by atoms with Crippen molar-refractivity contribution in [3.05, 3.63) is 45.9 Å². The first-order valence-corrected chi connectivity index (χ1v) is 5.75. The Balaban J connectivity index is 1.97. The van der Waals surface area contributed by atoms with Crippen LogP contribution in [0.25, 0.3) is 0 Å². The molecule has 0 fully saturated rings. The Hall–Kier alpha value is -1.86. The van der Waals surface area contributed by atoms with E-state index in [1.807, 2.05) is 25.3 Å². The highest BCUT2D eigenvalue weighted by Crippen LogP contribution is 2.14. The minimum atomic E-state index is 0.680. The van der Waals surface area contributed by atoms with Gasteiger partial charge in [0.2, 0.25) is 0 Å². The summed E-state index contributed by atoms with van der Waals surface area (Å²) in [6.07, 6.45) is 1.89. The number of nitrogens with zero attached hydrogens (tertiary/aromatic N) is 2. The number of nitrogens with one attached hydrogen (secondary N) is 1. The van der Waals surface area contributed by atoms with Gasteiger partial charge in [-0.05, 0) is 31.2 Å². The van der Waals surface area contributed by atoms with Gasteiger partial charge in [0, 0.05) is 16.8 Å². The van der Waals surface area contributed by atoms with Crippen molar-refractivity contribution in [2.75, 3.05) is 5.32 Å². The van der Waals surface area contributed by atoms with E-state index in [-0.39, 0.29) is 0 Å². The summed E-state index contributed by atoms with van der Waals surface area (Å²) < 4.78 is 0. The third-order valence-electron chi connectivity index (χ3n) is 2.15. The van der Waals surface area contributed by atoms with Crippen molar-refractivity contribution in [2.24, 2.45) is 0 Å². The first kappa shape index (κ1) is 10.7. The summed E-state index contributed by atoms with van der Waals surface area (Å²) in [5.74, 6) is 0. The molecule has 0 unspecified atom stereocenters. The number of hydrogen-bond acceptors (Lipinski definition) is 4. The molecule has 0 amide bonds. The SMILES string of the molecule is Cc1ncc(CNc2ccc(C#N)cc2)s1. The summed E-state index contributed by atoms with van der Waals surface area (Å²) in [6, 6.07) is 9.53. The molecule has 1 N–H and O–H groups in total. The molecule has 0 atom stereocenters. The maximum atomic E-state index is 8.66. The lowest BCUT2D eigenvalue weighted by Crippen LogP contribution is -1.96. The summed E-state index contributed by atoms with van der Waals surface area (Å²) in [6.45, 7) is 2.77. The molecule has 1 heterocycles. The molecule has 0 aliphatic heterocycles. The normalized spacial score (nSPS) is 9.75. The zero-order valence-corrected chi connectivity index (χ0v) is 9.71. The fourth-order valence-electron chi connectivity index (χ4n) is 1.34. The van der Waals surface area contributed by atoms with E-state index in [1.165, 1.54) is 4.88 Å². The zero-order chi connectivity index (χ0) is 11.4. The monoisotopic (exact) mass is 229 g/mol. The molecular weight excluding hydrogens is 218 g/mol. The van der Waals surface area contributed by atoms with Crippen molar-refractivity contribution < 1.29 is 0 Å². The van der Waals surface area contributed by atoms with Crippen LogP contribution in [-0.2, 0) is 6.54 Å². The molecule has 16 heavy (non-hydrogen) atoms. The Morgan fingerprint density at radius 2 is 2.12 bits per heavy atom. The van der Waals surface area contributed by atoms with E-state index in [4.69, 9.17) is 5.26 Å². The van der Waals surface area contributed by atoms with Crippen molar-refractivity contribution in [3.63, 3.8) is 0 Å². The number of aryl methyl sites for hydroxylation is 1. The minimum absolute atomic E-state index is 0.680. The molecule has 80 valence electrons. The van der Waals surface area contributed by atoms with Gasteiger partial charge in [-0.15, -0.1) is 11.3 Å². The number of hydrogen-bond donors (Lipinski definition) is 1. The van der Waals surface area contributed by atoms with Crippen LogP contribution < -0.4 is 5.32 Å². The van der Waals surface area contributed by atoms with E-state index in [0.717, 1.165) is 17.2 Å². The van der Waals surface area contributed by atoms with Crippen molar-refractivity contribution >= 4 is 17.0 Å². The lowest BCUT2D eigenvalue weighted by Gasteiger charge is -2.03. The van der Waals surface area contributed by atoms with E-state index in [0.29, 0.717) is 5.56 Å². The Morgan fingerprint density at radius 1 is 1.38 bits per heavy atom. The van der Waals surface area contributed by atoms with Crippen LogP contribution in [0.5, 0.6) is 0 Å². The molecule has 0 saturated carbocycles. The predicted molar refractivity (Wildman–Crippen MR) is 65.3 cm³/mol. The first-order valence-electron chi connectivity index (χ1n) is 4.93. The van der Waals surface area contributed by atoms with E-state index >= 15 is 0 Å². The number of thiazole rings is 1. The fraction of sp³-hybridized carbons (Fsp3) is 0.167. The van der Waals surface area contributed by atoms with Gasteiger partial charge >= 0.3 is 0 Å². The van der Waals surface area contributed by atoms with Crippen LogP contribution in [0.4, 0.5) is 5.69 Å². The zero-order valence-electron chi connectivity index (χ0n) is 8.90. The molecule has 1 aromatic carbocycles. The average molecular weight is 229 g/mol. The summed E-state index contributed by atoms with van der Waals surface area (Å²) in [5.41, 5.74) is 1.70. The molecule has 0 spiro atoms. The molecule has 1 aromatic heterocycles. The van der Waals surface area contributed by atoms with Gasteiger partial charge in [-0.2, -0.15) is 5.26 Å². The summed E-state index contributed by atoms with van der Waals surface area (Å²) >= 11 is 1.69. The van der Waals surface area contributed by atoms with Crippen LogP contribution in [-0.4, -0.2) is 4.98 Å². The average Bonchev–Trinajstić information content (AvgIpc) is 2.73. The van der Waals surface area contributed by atoms with Crippen LogP contribution >= 0.6 is 11.3 Å². The van der Waals surface area contributed by atoms with Crippen molar-refractivity contribution in [2.45, 2.75) is 13.5 Å². The molecule has 0 saturated heterocycles. The van der Waals surface area contributed by atoms with Crippen LogP contribution in [0.15, 0.2) is 30.5 Å². The predicted octanol–water partition coefficient (Wildman–Crippen LogP) is 2.94. The number of rotatable bonds is 3. The van der Waals surface area contributed by atoms with Gasteiger partial charge in [-0.1, -0.05) is 0 Å². The van der Waals surface area contributed by atoms with Gasteiger partial charge in [0.15, 0.2) is 0 Å². The molecule has 0 aliphatic carbocycles. The van der Waals surface area contributed by atoms with E-state index in [1.54, 1.807) is 23.5 Å². The maximum absolute atomic E-state index is 8.66. The fourth-order valence-corrected chi connectivity index (χ4v) is 2.07. The number of nitriles is 1. The largest absolute Gasteiger partial charge is 0.380 e. The van der Waals surface area contributed by atoms with Gasteiger partial charge in [0.05, 0.1) is 23.2 Å². The van der Waals surface area contributed by atoms with Crippen molar-refractivity contribution in [1.82, 2.24) is 4.98 Å². The van der Waals surface area contributed by atoms with Crippen LogP contribution in [0, 0.1) is 18.3 Å². The lowest BCUT2D eigenvalue weighted by atomic mass is 10.2.